The molecule has 2 heterocycles. The summed E-state index contributed by atoms with van der Waals surface area (Å²) in [7, 11) is 1.41. The van der Waals surface area contributed by atoms with Crippen molar-refractivity contribution in [2.75, 3.05) is 20.2 Å². The van der Waals surface area contributed by atoms with Gasteiger partial charge in [0.2, 0.25) is 11.8 Å². The summed E-state index contributed by atoms with van der Waals surface area (Å²) in [6.07, 6.45) is 0.461. The van der Waals surface area contributed by atoms with Gasteiger partial charge in [-0.15, -0.1) is 0 Å². The highest BCUT2D eigenvalue weighted by Crippen LogP contribution is 2.42. The van der Waals surface area contributed by atoms with Crippen molar-refractivity contribution < 1.29 is 22.7 Å². The standard InChI is InChI=1S/C18H24F3N3O2/c1-11(12-5-6-18(20,21)8-12)24-9-14(19)15(10-24)23-16(25)13-4-3-7-22-17(13)26-2/h3-4,7,11-12,14-15H,5-6,8-10H2,1-2H3,(H,23,25)/t11?,12?,14-,15+/m0/s1. The van der Waals surface area contributed by atoms with Gasteiger partial charge in [-0.3, -0.25) is 9.69 Å². The Labute approximate surface area is 150 Å². The molecular weight excluding hydrogens is 347 g/mol. The van der Waals surface area contributed by atoms with Crippen molar-refractivity contribution in [2.45, 2.75) is 50.4 Å². The molecule has 1 aromatic heterocycles. The molecule has 26 heavy (non-hydrogen) atoms. The number of methoxy groups -OCH3 is 1. The van der Waals surface area contributed by atoms with Crippen LogP contribution in [0.1, 0.15) is 36.5 Å². The van der Waals surface area contributed by atoms with Crippen LogP contribution < -0.4 is 10.1 Å². The van der Waals surface area contributed by atoms with Crippen molar-refractivity contribution in [2.24, 2.45) is 5.92 Å². The molecule has 0 aromatic carbocycles. The lowest BCUT2D eigenvalue weighted by atomic mass is 9.98. The van der Waals surface area contributed by atoms with E-state index in [1.54, 1.807) is 12.1 Å². The molecule has 2 unspecified atom stereocenters. The summed E-state index contributed by atoms with van der Waals surface area (Å²) >= 11 is 0. The van der Waals surface area contributed by atoms with Crippen LogP contribution in [0.15, 0.2) is 18.3 Å². The largest absolute Gasteiger partial charge is 0.480 e. The predicted octanol–water partition coefficient (Wildman–Crippen LogP) is 2.67. The molecule has 1 aromatic rings. The van der Waals surface area contributed by atoms with E-state index >= 15 is 0 Å². The summed E-state index contributed by atoms with van der Waals surface area (Å²) in [5, 5.41) is 2.69. The number of carbonyl (C=O) groups is 1. The van der Waals surface area contributed by atoms with E-state index in [9.17, 15) is 18.0 Å². The van der Waals surface area contributed by atoms with Gasteiger partial charge in [0.1, 0.15) is 11.7 Å². The number of rotatable bonds is 5. The molecular formula is C18H24F3N3O2. The van der Waals surface area contributed by atoms with Gasteiger partial charge in [0, 0.05) is 38.2 Å². The number of hydrogen-bond acceptors (Lipinski definition) is 4. The number of pyridine rings is 1. The predicted molar refractivity (Wildman–Crippen MR) is 90.3 cm³/mol. The topological polar surface area (TPSA) is 54.5 Å². The smallest absolute Gasteiger partial charge is 0.257 e. The Kier molecular flexibility index (Phi) is 5.41. The molecule has 0 radical (unpaired) electrons. The number of amides is 1. The number of nitrogens with zero attached hydrogens (tertiary/aromatic N) is 2. The summed E-state index contributed by atoms with van der Waals surface area (Å²) in [6, 6.07) is 2.34. The minimum Gasteiger partial charge on any atom is -0.480 e. The summed E-state index contributed by atoms with van der Waals surface area (Å²) in [4.78, 5) is 18.3. The van der Waals surface area contributed by atoms with Gasteiger partial charge in [0.15, 0.2) is 0 Å². The fraction of sp³-hybridized carbons (Fsp3) is 0.667. The maximum absolute atomic E-state index is 14.4. The van der Waals surface area contributed by atoms with Gasteiger partial charge in [0.25, 0.3) is 5.91 Å². The number of hydrogen-bond donors (Lipinski definition) is 1. The van der Waals surface area contributed by atoms with Crippen molar-refractivity contribution in [1.82, 2.24) is 15.2 Å². The summed E-state index contributed by atoms with van der Waals surface area (Å²) in [6.45, 7) is 2.31. The van der Waals surface area contributed by atoms with E-state index < -0.39 is 24.0 Å². The quantitative estimate of drug-likeness (QED) is 0.865. The molecule has 2 aliphatic rings. The van der Waals surface area contributed by atoms with Crippen molar-refractivity contribution in [3.8, 4) is 5.88 Å². The van der Waals surface area contributed by atoms with E-state index in [4.69, 9.17) is 4.74 Å². The monoisotopic (exact) mass is 371 g/mol. The molecule has 4 atom stereocenters. The normalized spacial score (nSPS) is 29.5. The van der Waals surface area contributed by atoms with E-state index in [-0.39, 0.29) is 42.8 Å². The number of alkyl halides is 3. The van der Waals surface area contributed by atoms with Crippen molar-refractivity contribution in [3.05, 3.63) is 23.9 Å². The lowest BCUT2D eigenvalue weighted by Gasteiger charge is -2.29. The maximum atomic E-state index is 14.4. The molecule has 1 aliphatic carbocycles. The van der Waals surface area contributed by atoms with Gasteiger partial charge in [-0.1, -0.05) is 0 Å². The molecule has 0 spiro atoms. The van der Waals surface area contributed by atoms with Crippen LogP contribution in [0.4, 0.5) is 13.2 Å². The molecule has 1 N–H and O–H groups in total. The Hall–Kier alpha value is -1.83. The molecule has 0 bridgehead atoms. The number of halogens is 3. The highest BCUT2D eigenvalue weighted by Gasteiger charge is 2.45. The SMILES string of the molecule is COc1ncccc1C(=O)N[C@@H]1CN(C(C)C2CCC(F)(F)C2)C[C@@H]1F. The molecule has 1 aliphatic heterocycles. The van der Waals surface area contributed by atoms with E-state index in [1.807, 2.05) is 11.8 Å². The first kappa shape index (κ1) is 18.9. The molecule has 1 saturated heterocycles. The Bertz CT molecular complexity index is 658. The van der Waals surface area contributed by atoms with Gasteiger partial charge < -0.3 is 10.1 Å². The highest BCUT2D eigenvalue weighted by molar-refractivity contribution is 5.96. The van der Waals surface area contributed by atoms with Crippen LogP contribution in [-0.4, -0.2) is 60.2 Å². The summed E-state index contributed by atoms with van der Waals surface area (Å²) in [5.74, 6) is -3.04. The average Bonchev–Trinajstić information content (AvgIpc) is 3.16. The fourth-order valence-corrected chi connectivity index (χ4v) is 3.93. The van der Waals surface area contributed by atoms with E-state index in [0.29, 0.717) is 13.0 Å². The van der Waals surface area contributed by atoms with E-state index in [2.05, 4.69) is 10.3 Å². The molecule has 2 fully saturated rings. The van der Waals surface area contributed by atoms with Crippen LogP contribution in [-0.2, 0) is 0 Å². The van der Waals surface area contributed by atoms with Gasteiger partial charge >= 0.3 is 0 Å². The zero-order valence-corrected chi connectivity index (χ0v) is 14.9. The van der Waals surface area contributed by atoms with Crippen molar-refractivity contribution in [3.63, 3.8) is 0 Å². The Morgan fingerprint density at radius 1 is 1.46 bits per heavy atom. The second-order valence-corrected chi connectivity index (χ2v) is 7.21. The zero-order chi connectivity index (χ0) is 18.9. The van der Waals surface area contributed by atoms with Crippen molar-refractivity contribution >= 4 is 5.91 Å². The maximum Gasteiger partial charge on any atom is 0.257 e. The van der Waals surface area contributed by atoms with Crippen LogP contribution in [0, 0.1) is 5.92 Å². The third-order valence-corrected chi connectivity index (χ3v) is 5.50. The Morgan fingerprint density at radius 3 is 2.88 bits per heavy atom. The van der Waals surface area contributed by atoms with Crippen LogP contribution in [0.25, 0.3) is 0 Å². The second kappa shape index (κ2) is 7.42. The first-order chi connectivity index (χ1) is 12.3. The second-order valence-electron chi connectivity index (χ2n) is 7.21. The van der Waals surface area contributed by atoms with Gasteiger partial charge in [-0.25, -0.2) is 18.2 Å². The number of carbonyl (C=O) groups excluding carboxylic acids is 1. The highest BCUT2D eigenvalue weighted by atomic mass is 19.3. The van der Waals surface area contributed by atoms with Crippen molar-refractivity contribution in [1.29, 1.82) is 0 Å². The molecule has 1 amide bonds. The van der Waals surface area contributed by atoms with Gasteiger partial charge in [-0.2, -0.15) is 0 Å². The first-order valence-electron chi connectivity index (χ1n) is 8.86. The molecule has 1 saturated carbocycles. The molecule has 144 valence electrons. The third kappa shape index (κ3) is 3.95. The van der Waals surface area contributed by atoms with Crippen LogP contribution in [0.3, 0.4) is 0 Å². The lowest BCUT2D eigenvalue weighted by Crippen LogP contribution is -2.42. The van der Waals surface area contributed by atoms with Crippen LogP contribution in [0.5, 0.6) is 5.88 Å². The number of ether oxygens (including phenoxy) is 1. The number of likely N-dealkylation sites (tertiary alicyclic amines) is 1. The van der Waals surface area contributed by atoms with Crippen LogP contribution >= 0.6 is 0 Å². The Morgan fingerprint density at radius 2 is 2.23 bits per heavy atom. The van der Waals surface area contributed by atoms with E-state index in [1.165, 1.54) is 13.3 Å². The zero-order valence-electron chi connectivity index (χ0n) is 14.9. The Balaban J connectivity index is 1.61. The molecule has 3 rings (SSSR count). The minimum atomic E-state index is -2.61. The third-order valence-electron chi connectivity index (χ3n) is 5.50. The summed E-state index contributed by atoms with van der Waals surface area (Å²) < 4.78 is 46.4. The molecule has 5 nitrogen and oxygen atoms in total. The first-order valence-corrected chi connectivity index (χ1v) is 8.86. The number of aromatic nitrogens is 1. The van der Waals surface area contributed by atoms with Gasteiger partial charge in [-0.05, 0) is 31.4 Å². The summed E-state index contributed by atoms with van der Waals surface area (Å²) in [5.41, 5.74) is 0.240. The molecule has 8 heteroatoms. The average molecular weight is 371 g/mol. The number of nitrogens with one attached hydrogen (secondary N) is 1. The van der Waals surface area contributed by atoms with Crippen LogP contribution in [0.2, 0.25) is 0 Å². The fourth-order valence-electron chi connectivity index (χ4n) is 3.93. The lowest BCUT2D eigenvalue weighted by molar-refractivity contribution is 0.000608. The van der Waals surface area contributed by atoms with Gasteiger partial charge in [0.05, 0.1) is 13.2 Å². The minimum absolute atomic E-state index is 0.101. The van der Waals surface area contributed by atoms with E-state index in [0.717, 1.165) is 0 Å².